The van der Waals surface area contributed by atoms with Gasteiger partial charge in [-0.15, -0.1) is 0 Å². The summed E-state index contributed by atoms with van der Waals surface area (Å²) in [5.41, 5.74) is 0. The zero-order valence-electron chi connectivity index (χ0n) is 13.2. The maximum absolute atomic E-state index is 11.9. The Hall–Kier alpha value is -1.22. The number of carbonyl (C=O) groups is 2. The fourth-order valence-corrected chi connectivity index (χ4v) is 2.56. The summed E-state index contributed by atoms with van der Waals surface area (Å²) < 4.78 is 10.1. The number of hydrogen-bond donors (Lipinski definition) is 2. The molecule has 0 aliphatic carbocycles. The van der Waals surface area contributed by atoms with Crippen LogP contribution in [0.5, 0.6) is 0 Å². The quantitative estimate of drug-likeness (QED) is 0.493. The minimum atomic E-state index is -0.372. The lowest BCUT2D eigenvalue weighted by atomic mass is 10.2. The zero-order valence-corrected chi connectivity index (χ0v) is 13.2. The van der Waals surface area contributed by atoms with Crippen LogP contribution in [0.1, 0.15) is 12.8 Å². The van der Waals surface area contributed by atoms with E-state index in [4.69, 9.17) is 19.7 Å². The van der Waals surface area contributed by atoms with Crippen molar-refractivity contribution in [2.75, 3.05) is 53.6 Å². The van der Waals surface area contributed by atoms with Crippen LogP contribution in [0.15, 0.2) is 0 Å². The van der Waals surface area contributed by atoms with E-state index in [1.165, 1.54) is 7.11 Å². The topological polar surface area (TPSA) is 99.5 Å². The minimum Gasteiger partial charge on any atom is -0.468 e. The van der Waals surface area contributed by atoms with E-state index in [1.807, 2.05) is 4.90 Å². The number of methoxy groups -OCH3 is 1. The molecule has 1 fully saturated rings. The van der Waals surface area contributed by atoms with Crippen molar-refractivity contribution < 1.29 is 29.3 Å². The van der Waals surface area contributed by atoms with Crippen LogP contribution in [0, 0.1) is 0 Å². The van der Waals surface area contributed by atoms with Gasteiger partial charge in [0.05, 0.1) is 26.7 Å². The average Bonchev–Trinajstić information content (AvgIpc) is 2.85. The number of aliphatic hydroxyl groups excluding tert-OH is 2. The van der Waals surface area contributed by atoms with E-state index in [0.717, 1.165) is 0 Å². The van der Waals surface area contributed by atoms with E-state index in [2.05, 4.69) is 0 Å². The number of hydrogen-bond acceptors (Lipinski definition) is 8. The molecule has 0 unspecified atom stereocenters. The first kappa shape index (κ1) is 18.8. The molecule has 1 heterocycles. The van der Waals surface area contributed by atoms with Gasteiger partial charge in [0, 0.05) is 32.6 Å². The molecule has 2 atom stereocenters. The fraction of sp³-hybridized carbons (Fsp3) is 0.857. The predicted molar refractivity (Wildman–Crippen MR) is 78.2 cm³/mol. The Morgan fingerprint density at radius 3 is 2.41 bits per heavy atom. The molecule has 1 aliphatic rings. The van der Waals surface area contributed by atoms with E-state index in [9.17, 15) is 9.59 Å². The van der Waals surface area contributed by atoms with Gasteiger partial charge in [-0.05, 0) is 7.05 Å². The molecule has 0 amide bonds. The van der Waals surface area contributed by atoms with Crippen molar-refractivity contribution >= 4 is 11.9 Å². The average molecular weight is 318 g/mol. The SMILES string of the molecule is COC(=O)[C@@H]1C[C@H](OC(=O)CCN(CCO)CCO)CN1C. The lowest BCUT2D eigenvalue weighted by Crippen LogP contribution is -2.33. The van der Waals surface area contributed by atoms with Crippen LogP contribution < -0.4 is 0 Å². The van der Waals surface area contributed by atoms with Crippen molar-refractivity contribution in [3.05, 3.63) is 0 Å². The first-order valence-corrected chi connectivity index (χ1v) is 7.43. The van der Waals surface area contributed by atoms with Crippen LogP contribution in [-0.4, -0.2) is 97.6 Å². The number of nitrogens with zero attached hydrogens (tertiary/aromatic N) is 2. The Morgan fingerprint density at radius 1 is 1.23 bits per heavy atom. The van der Waals surface area contributed by atoms with Crippen LogP contribution in [0.25, 0.3) is 0 Å². The molecule has 2 N–H and O–H groups in total. The van der Waals surface area contributed by atoms with Crippen LogP contribution in [0.4, 0.5) is 0 Å². The summed E-state index contributed by atoms with van der Waals surface area (Å²) in [5.74, 6) is -0.664. The van der Waals surface area contributed by atoms with Gasteiger partial charge >= 0.3 is 11.9 Å². The molecular formula is C14H26N2O6. The first-order chi connectivity index (χ1) is 10.5. The number of aliphatic hydroxyl groups is 2. The van der Waals surface area contributed by atoms with E-state index in [-0.39, 0.29) is 43.7 Å². The number of likely N-dealkylation sites (tertiary alicyclic amines) is 1. The number of esters is 2. The lowest BCUT2D eigenvalue weighted by Gasteiger charge is -2.20. The Labute approximate surface area is 130 Å². The van der Waals surface area contributed by atoms with Crippen molar-refractivity contribution in [1.82, 2.24) is 9.80 Å². The number of carbonyl (C=O) groups excluding carboxylic acids is 2. The molecule has 22 heavy (non-hydrogen) atoms. The van der Waals surface area contributed by atoms with Gasteiger partial charge < -0.3 is 19.7 Å². The molecule has 8 heteroatoms. The van der Waals surface area contributed by atoms with Gasteiger partial charge in [-0.25, -0.2) is 0 Å². The van der Waals surface area contributed by atoms with Gasteiger partial charge in [0.2, 0.25) is 0 Å². The van der Waals surface area contributed by atoms with Crippen molar-refractivity contribution in [1.29, 1.82) is 0 Å². The van der Waals surface area contributed by atoms with Gasteiger partial charge in [0.1, 0.15) is 12.1 Å². The summed E-state index contributed by atoms with van der Waals surface area (Å²) in [4.78, 5) is 27.0. The van der Waals surface area contributed by atoms with E-state index in [0.29, 0.717) is 32.6 Å². The molecule has 0 bridgehead atoms. The van der Waals surface area contributed by atoms with Gasteiger partial charge in [-0.3, -0.25) is 19.4 Å². The fourth-order valence-electron chi connectivity index (χ4n) is 2.56. The third-order valence-corrected chi connectivity index (χ3v) is 3.75. The van der Waals surface area contributed by atoms with Gasteiger partial charge in [-0.2, -0.15) is 0 Å². The van der Waals surface area contributed by atoms with Crippen LogP contribution in [-0.2, 0) is 19.1 Å². The Kier molecular flexibility index (Phi) is 8.32. The minimum absolute atomic E-state index is 0.0245. The summed E-state index contributed by atoms with van der Waals surface area (Å²) in [6.45, 7) is 1.69. The molecule has 0 aromatic rings. The van der Waals surface area contributed by atoms with Crippen LogP contribution in [0.2, 0.25) is 0 Å². The molecule has 1 saturated heterocycles. The molecular weight excluding hydrogens is 292 g/mol. The second-order valence-electron chi connectivity index (χ2n) is 5.36. The summed E-state index contributed by atoms with van der Waals surface area (Å²) in [5, 5.41) is 17.8. The molecule has 0 aromatic heterocycles. The van der Waals surface area contributed by atoms with Crippen LogP contribution in [0.3, 0.4) is 0 Å². The van der Waals surface area contributed by atoms with E-state index >= 15 is 0 Å². The first-order valence-electron chi connectivity index (χ1n) is 7.43. The monoisotopic (exact) mass is 318 g/mol. The third kappa shape index (κ3) is 5.88. The maximum atomic E-state index is 11.9. The second-order valence-corrected chi connectivity index (χ2v) is 5.36. The smallest absolute Gasteiger partial charge is 0.323 e. The van der Waals surface area contributed by atoms with Crippen molar-refractivity contribution in [3.63, 3.8) is 0 Å². The van der Waals surface area contributed by atoms with Gasteiger partial charge in [-0.1, -0.05) is 0 Å². The normalized spacial score (nSPS) is 22.0. The standard InChI is InChI=1S/C14H26N2O6/c1-15-10-11(9-12(15)14(20)21-2)22-13(19)3-4-16(5-7-17)6-8-18/h11-12,17-18H,3-10H2,1-2H3/t11-,12-/m0/s1. The number of ether oxygens (including phenoxy) is 2. The van der Waals surface area contributed by atoms with Crippen LogP contribution >= 0.6 is 0 Å². The van der Waals surface area contributed by atoms with Crippen molar-refractivity contribution in [2.24, 2.45) is 0 Å². The van der Waals surface area contributed by atoms with Crippen molar-refractivity contribution in [3.8, 4) is 0 Å². The van der Waals surface area contributed by atoms with E-state index < -0.39 is 0 Å². The molecule has 128 valence electrons. The Balaban J connectivity index is 2.35. The molecule has 0 radical (unpaired) electrons. The molecule has 8 nitrogen and oxygen atoms in total. The van der Waals surface area contributed by atoms with E-state index in [1.54, 1.807) is 11.9 Å². The Bertz CT molecular complexity index is 359. The summed E-state index contributed by atoms with van der Waals surface area (Å²) in [7, 11) is 3.13. The highest BCUT2D eigenvalue weighted by molar-refractivity contribution is 5.76. The van der Waals surface area contributed by atoms with Gasteiger partial charge in [0.15, 0.2) is 0 Å². The maximum Gasteiger partial charge on any atom is 0.323 e. The highest BCUT2D eigenvalue weighted by atomic mass is 16.5. The molecule has 0 aromatic carbocycles. The lowest BCUT2D eigenvalue weighted by molar-refractivity contribution is -0.150. The molecule has 0 spiro atoms. The number of rotatable bonds is 9. The van der Waals surface area contributed by atoms with Gasteiger partial charge in [0.25, 0.3) is 0 Å². The largest absolute Gasteiger partial charge is 0.468 e. The highest BCUT2D eigenvalue weighted by Gasteiger charge is 2.37. The molecule has 1 rings (SSSR count). The number of likely N-dealkylation sites (N-methyl/N-ethyl adjacent to an activating group) is 1. The molecule has 0 saturated carbocycles. The zero-order chi connectivity index (χ0) is 16.5. The summed E-state index contributed by atoms with van der Waals surface area (Å²) in [6, 6.07) is -0.372. The van der Waals surface area contributed by atoms with Crippen molar-refractivity contribution in [2.45, 2.75) is 25.0 Å². The second kappa shape index (κ2) is 9.73. The summed E-state index contributed by atoms with van der Waals surface area (Å²) in [6.07, 6.45) is 0.306. The molecule has 1 aliphatic heterocycles. The highest BCUT2D eigenvalue weighted by Crippen LogP contribution is 2.20. The summed E-state index contributed by atoms with van der Waals surface area (Å²) >= 11 is 0. The third-order valence-electron chi connectivity index (χ3n) is 3.75. The Morgan fingerprint density at radius 2 is 1.86 bits per heavy atom. The predicted octanol–water partition coefficient (Wildman–Crippen LogP) is -1.55.